The molecule has 3 atom stereocenters. The SMILES string of the molecule is CCC(C)[C@@H]1c2cc(OCCCN3CC4(COC4)C3)c(OC)cc2-c2c(F)c(=O)c(C(=O)O)cn2[C@@H]1C(C)(C)CC. The molecular formula is C32H43FN2O6. The summed E-state index contributed by atoms with van der Waals surface area (Å²) < 4.78 is 35.0. The van der Waals surface area contributed by atoms with Crippen molar-refractivity contribution < 1.29 is 28.5 Å². The van der Waals surface area contributed by atoms with Crippen LogP contribution in [0.25, 0.3) is 11.3 Å². The summed E-state index contributed by atoms with van der Waals surface area (Å²) >= 11 is 0. The van der Waals surface area contributed by atoms with E-state index in [9.17, 15) is 14.7 Å². The Bertz CT molecular complexity index is 1370. The van der Waals surface area contributed by atoms with Gasteiger partial charge >= 0.3 is 5.97 Å². The fourth-order valence-electron chi connectivity index (χ4n) is 6.95. The number of benzene rings is 1. The first kappa shape index (κ1) is 29.6. The molecule has 2 fully saturated rings. The molecule has 0 radical (unpaired) electrons. The fraction of sp³-hybridized carbons (Fsp3) is 0.625. The molecule has 3 aliphatic heterocycles. The highest BCUT2D eigenvalue weighted by Crippen LogP contribution is 2.56. The third kappa shape index (κ3) is 5.05. The lowest BCUT2D eigenvalue weighted by atomic mass is 9.65. The topological polar surface area (TPSA) is 90.2 Å². The van der Waals surface area contributed by atoms with Crippen LogP contribution in [0.5, 0.6) is 11.5 Å². The third-order valence-electron chi connectivity index (χ3n) is 9.78. The lowest BCUT2D eigenvalue weighted by molar-refractivity contribution is -0.189. The Labute approximate surface area is 241 Å². The fourth-order valence-corrected chi connectivity index (χ4v) is 6.95. The minimum Gasteiger partial charge on any atom is -0.493 e. The summed E-state index contributed by atoms with van der Waals surface area (Å²) in [5.41, 5.74) is -0.0590. The molecule has 2 saturated heterocycles. The number of hydrogen-bond donors (Lipinski definition) is 1. The smallest absolute Gasteiger partial charge is 0.341 e. The van der Waals surface area contributed by atoms with Crippen molar-refractivity contribution in [2.45, 2.75) is 65.8 Å². The number of rotatable bonds is 11. The molecule has 2 aromatic rings. The Hall–Kier alpha value is -2.91. The third-order valence-corrected chi connectivity index (χ3v) is 9.78. The molecule has 0 bridgehead atoms. The zero-order chi connectivity index (χ0) is 29.7. The van der Waals surface area contributed by atoms with Gasteiger partial charge in [-0.15, -0.1) is 0 Å². The number of pyridine rings is 1. The van der Waals surface area contributed by atoms with E-state index in [2.05, 4.69) is 39.5 Å². The Kier molecular flexibility index (Phi) is 7.98. The molecule has 1 unspecified atom stereocenters. The molecule has 8 nitrogen and oxygen atoms in total. The van der Waals surface area contributed by atoms with Gasteiger partial charge in [0.2, 0.25) is 5.43 Å². The number of aromatic carboxylic acids is 1. The number of halogens is 1. The van der Waals surface area contributed by atoms with Gasteiger partial charge in [0.1, 0.15) is 5.56 Å². The van der Waals surface area contributed by atoms with Crippen molar-refractivity contribution in [3.8, 4) is 22.8 Å². The van der Waals surface area contributed by atoms with Crippen LogP contribution in [0.2, 0.25) is 0 Å². The van der Waals surface area contributed by atoms with E-state index in [1.807, 2.05) is 6.07 Å². The van der Waals surface area contributed by atoms with Gasteiger partial charge in [-0.05, 0) is 41.9 Å². The van der Waals surface area contributed by atoms with Crippen molar-refractivity contribution >= 4 is 5.97 Å². The second kappa shape index (κ2) is 11.1. The number of nitrogens with zero attached hydrogens (tertiary/aromatic N) is 2. The largest absolute Gasteiger partial charge is 0.493 e. The lowest BCUT2D eigenvalue weighted by Crippen LogP contribution is -2.65. The van der Waals surface area contributed by atoms with Crippen LogP contribution in [0.4, 0.5) is 4.39 Å². The minimum absolute atomic E-state index is 0.0729. The maximum Gasteiger partial charge on any atom is 0.341 e. The summed E-state index contributed by atoms with van der Waals surface area (Å²) in [6.07, 6.45) is 3.85. The first-order valence-corrected chi connectivity index (χ1v) is 14.8. The Morgan fingerprint density at radius 3 is 2.51 bits per heavy atom. The first-order valence-electron chi connectivity index (χ1n) is 14.8. The van der Waals surface area contributed by atoms with Crippen molar-refractivity contribution in [3.05, 3.63) is 45.5 Å². The van der Waals surface area contributed by atoms with Crippen molar-refractivity contribution in [3.63, 3.8) is 0 Å². The van der Waals surface area contributed by atoms with Gasteiger partial charge in [-0.2, -0.15) is 0 Å². The van der Waals surface area contributed by atoms with Crippen LogP contribution in [-0.2, 0) is 4.74 Å². The zero-order valence-electron chi connectivity index (χ0n) is 25.1. The summed E-state index contributed by atoms with van der Waals surface area (Å²) in [6.45, 7) is 16.0. The molecule has 0 aliphatic carbocycles. The second-order valence-corrected chi connectivity index (χ2v) is 12.9. The average Bonchev–Trinajstić information content (AvgIpc) is 2.90. The number of carboxylic acids is 1. The van der Waals surface area contributed by atoms with Crippen molar-refractivity contribution in [1.82, 2.24) is 9.47 Å². The van der Waals surface area contributed by atoms with Gasteiger partial charge in [-0.3, -0.25) is 4.79 Å². The number of ether oxygens (including phenoxy) is 3. The van der Waals surface area contributed by atoms with Crippen LogP contribution in [-0.4, -0.2) is 67.1 Å². The molecule has 9 heteroatoms. The summed E-state index contributed by atoms with van der Waals surface area (Å²) in [5, 5.41) is 9.75. The van der Waals surface area contributed by atoms with E-state index in [1.54, 1.807) is 17.7 Å². The molecule has 1 spiro atoms. The lowest BCUT2D eigenvalue weighted by Gasteiger charge is -2.55. The van der Waals surface area contributed by atoms with E-state index >= 15 is 4.39 Å². The van der Waals surface area contributed by atoms with E-state index in [0.717, 1.165) is 57.7 Å². The molecule has 224 valence electrons. The average molecular weight is 571 g/mol. The molecule has 5 rings (SSSR count). The number of carbonyl (C=O) groups is 1. The standard InChI is InChI=1S/C32H43FN2O6/c1-7-19(3)25-20-12-24(41-11-9-10-34-15-32(16-34)17-40-18-32)23(39-6)13-21(20)27-26(33)28(36)22(30(37)38)14-35(27)29(25)31(4,5)8-2/h12-14,19,25,29H,7-11,15-18H2,1-6H3,(H,37,38)/t19?,25-,29+/m1/s1. The van der Waals surface area contributed by atoms with Crippen LogP contribution in [0.1, 0.15) is 81.8 Å². The molecule has 4 heterocycles. The van der Waals surface area contributed by atoms with Gasteiger partial charge in [-0.1, -0.05) is 41.0 Å². The van der Waals surface area contributed by atoms with E-state index in [0.29, 0.717) is 29.1 Å². The molecule has 1 N–H and O–H groups in total. The Balaban J connectivity index is 1.55. The van der Waals surface area contributed by atoms with Crippen molar-refractivity contribution in [2.24, 2.45) is 16.7 Å². The predicted octanol–water partition coefficient (Wildman–Crippen LogP) is 5.58. The number of likely N-dealkylation sites (tertiary alicyclic amines) is 1. The van der Waals surface area contributed by atoms with Crippen LogP contribution in [0.15, 0.2) is 23.1 Å². The van der Waals surface area contributed by atoms with Crippen LogP contribution >= 0.6 is 0 Å². The number of carboxylic acid groups (broad SMARTS) is 1. The molecule has 1 aromatic heterocycles. The minimum atomic E-state index is -1.43. The normalized spacial score (nSPS) is 21.8. The summed E-state index contributed by atoms with van der Waals surface area (Å²) in [7, 11) is 1.55. The van der Waals surface area contributed by atoms with Gasteiger partial charge in [-0.25, -0.2) is 9.18 Å². The van der Waals surface area contributed by atoms with Gasteiger partial charge in [0.25, 0.3) is 0 Å². The predicted molar refractivity (Wildman–Crippen MR) is 155 cm³/mol. The molecule has 3 aliphatic rings. The Morgan fingerprint density at radius 2 is 1.95 bits per heavy atom. The number of fused-ring (bicyclic) bond motifs is 3. The van der Waals surface area contributed by atoms with Crippen LogP contribution in [0, 0.1) is 22.6 Å². The molecule has 0 saturated carbocycles. The van der Waals surface area contributed by atoms with Crippen molar-refractivity contribution in [1.29, 1.82) is 0 Å². The van der Waals surface area contributed by atoms with Crippen LogP contribution in [0.3, 0.4) is 0 Å². The summed E-state index contributed by atoms with van der Waals surface area (Å²) in [5.74, 6) is -1.32. The number of aromatic nitrogens is 1. The highest BCUT2D eigenvalue weighted by Gasteiger charge is 2.48. The van der Waals surface area contributed by atoms with Crippen molar-refractivity contribution in [2.75, 3.05) is 46.6 Å². The van der Waals surface area contributed by atoms with E-state index in [1.165, 1.54) is 6.20 Å². The maximum atomic E-state index is 16.0. The van der Waals surface area contributed by atoms with E-state index < -0.39 is 22.8 Å². The zero-order valence-corrected chi connectivity index (χ0v) is 25.1. The maximum absolute atomic E-state index is 16.0. The van der Waals surface area contributed by atoms with Gasteiger partial charge < -0.3 is 28.8 Å². The second-order valence-electron chi connectivity index (χ2n) is 12.9. The van der Waals surface area contributed by atoms with Gasteiger partial charge in [0, 0.05) is 48.8 Å². The van der Waals surface area contributed by atoms with E-state index in [4.69, 9.17) is 14.2 Å². The molecule has 1 aromatic carbocycles. The summed E-state index contributed by atoms with van der Waals surface area (Å²) in [6, 6.07) is 3.43. The monoisotopic (exact) mass is 570 g/mol. The quantitative estimate of drug-likeness (QED) is 0.353. The molecular weight excluding hydrogens is 527 g/mol. The van der Waals surface area contributed by atoms with Gasteiger partial charge in [0.05, 0.1) is 32.6 Å². The van der Waals surface area contributed by atoms with Crippen LogP contribution < -0.4 is 14.9 Å². The first-order chi connectivity index (χ1) is 19.5. The molecule has 41 heavy (non-hydrogen) atoms. The highest BCUT2D eigenvalue weighted by atomic mass is 19.1. The highest BCUT2D eigenvalue weighted by molar-refractivity contribution is 5.88. The van der Waals surface area contributed by atoms with Gasteiger partial charge in [0.15, 0.2) is 17.3 Å². The Morgan fingerprint density at radius 1 is 1.24 bits per heavy atom. The van der Waals surface area contributed by atoms with E-state index in [-0.39, 0.29) is 29.0 Å². The summed E-state index contributed by atoms with van der Waals surface area (Å²) in [4.78, 5) is 27.3. The number of hydrogen-bond acceptors (Lipinski definition) is 6. The number of methoxy groups -OCH3 is 1. The molecule has 0 amide bonds.